The molecule has 4 aromatic carbocycles. The van der Waals surface area contributed by atoms with Crippen molar-refractivity contribution in [3.05, 3.63) is 178 Å². The van der Waals surface area contributed by atoms with Gasteiger partial charge in [-0.25, -0.2) is 0 Å². The molecule has 0 heterocycles. The number of hydrogen-bond donors (Lipinski definition) is 0. The smallest absolute Gasteiger partial charge is 0.0157 e. The van der Waals surface area contributed by atoms with Gasteiger partial charge in [0, 0.05) is 11.3 Å². The molecule has 3 unspecified atom stereocenters. The van der Waals surface area contributed by atoms with Crippen LogP contribution < -0.4 is 0 Å². The molecule has 1 spiro atoms. The van der Waals surface area contributed by atoms with Gasteiger partial charge in [-0.3, -0.25) is 0 Å². The van der Waals surface area contributed by atoms with Gasteiger partial charge in [0.1, 0.15) is 0 Å². The molecule has 4 aromatic rings. The standard InChI is InChI=1S/C42H40/c1-31-36(28-32-16-6-2-7-17-32)25-15-27-42(31)40(34-20-10-4-11-21-34)30-39-37(29-33-18-8-3-9-19-33)24-14-26-38(39)41(42)35-22-12-5-13-23-35/h2-13,16-23,28-29,40-41H,1,14-15,24-27,30H2/b36-28+,37-29+. The van der Waals surface area contributed by atoms with Crippen LogP contribution in [0, 0.1) is 5.41 Å². The van der Waals surface area contributed by atoms with Gasteiger partial charge in [0.25, 0.3) is 0 Å². The first kappa shape index (κ1) is 26.7. The predicted octanol–water partition coefficient (Wildman–Crippen LogP) is 11.3. The van der Waals surface area contributed by atoms with Crippen molar-refractivity contribution in [2.75, 3.05) is 0 Å². The molecule has 208 valence electrons. The van der Waals surface area contributed by atoms with Gasteiger partial charge in [0.05, 0.1) is 0 Å². The summed E-state index contributed by atoms with van der Waals surface area (Å²) in [5.41, 5.74) is 13.1. The molecule has 0 amide bonds. The molecule has 3 aliphatic carbocycles. The molecule has 0 N–H and O–H groups in total. The Hall–Kier alpha value is -4.16. The average Bonchev–Trinajstić information content (AvgIpc) is 3.05. The van der Waals surface area contributed by atoms with Crippen LogP contribution in [0.5, 0.6) is 0 Å². The van der Waals surface area contributed by atoms with Gasteiger partial charge in [-0.05, 0) is 95.4 Å². The van der Waals surface area contributed by atoms with E-state index in [4.69, 9.17) is 6.58 Å². The topological polar surface area (TPSA) is 0 Å². The molecule has 0 bridgehead atoms. The SMILES string of the molecule is C=C1/C(=C/c2ccccc2)CCCC12C(c1ccccc1)CC1=C(CCC/C1=C\c1ccccc1)C2c1ccccc1. The highest BCUT2D eigenvalue weighted by atomic mass is 14.6. The largest absolute Gasteiger partial charge is 0.0949 e. The van der Waals surface area contributed by atoms with Crippen molar-refractivity contribution in [3.63, 3.8) is 0 Å². The minimum atomic E-state index is -0.0599. The molecule has 1 saturated carbocycles. The Morgan fingerprint density at radius 2 is 1.10 bits per heavy atom. The van der Waals surface area contributed by atoms with E-state index in [-0.39, 0.29) is 5.41 Å². The first-order valence-corrected chi connectivity index (χ1v) is 15.8. The van der Waals surface area contributed by atoms with Gasteiger partial charge in [0.2, 0.25) is 0 Å². The fourth-order valence-corrected chi connectivity index (χ4v) is 8.40. The van der Waals surface area contributed by atoms with Crippen LogP contribution in [0.3, 0.4) is 0 Å². The number of allylic oxidation sites excluding steroid dienone is 5. The van der Waals surface area contributed by atoms with Gasteiger partial charge < -0.3 is 0 Å². The first-order valence-electron chi connectivity index (χ1n) is 15.8. The van der Waals surface area contributed by atoms with E-state index in [2.05, 4.69) is 133 Å². The quantitative estimate of drug-likeness (QED) is 0.240. The summed E-state index contributed by atoms with van der Waals surface area (Å²) in [7, 11) is 0. The van der Waals surface area contributed by atoms with E-state index >= 15 is 0 Å². The van der Waals surface area contributed by atoms with Crippen LogP contribution in [-0.2, 0) is 0 Å². The summed E-state index contributed by atoms with van der Waals surface area (Å²) in [6.07, 6.45) is 13.0. The lowest BCUT2D eigenvalue weighted by molar-refractivity contribution is 0.184. The zero-order chi connectivity index (χ0) is 28.4. The Kier molecular flexibility index (Phi) is 7.39. The van der Waals surface area contributed by atoms with Gasteiger partial charge in [-0.1, -0.05) is 146 Å². The third kappa shape index (κ3) is 4.84. The molecule has 3 aliphatic rings. The summed E-state index contributed by atoms with van der Waals surface area (Å²) in [5.74, 6) is 0.686. The second kappa shape index (κ2) is 11.6. The minimum absolute atomic E-state index is 0.0599. The van der Waals surface area contributed by atoms with Crippen molar-refractivity contribution in [3.8, 4) is 0 Å². The van der Waals surface area contributed by atoms with E-state index in [1.54, 1.807) is 16.7 Å². The maximum absolute atomic E-state index is 5.04. The zero-order valence-electron chi connectivity index (χ0n) is 24.5. The van der Waals surface area contributed by atoms with E-state index in [1.807, 2.05) is 0 Å². The molecule has 7 rings (SSSR count). The molecule has 0 heteroatoms. The summed E-state index contributed by atoms with van der Waals surface area (Å²) < 4.78 is 0. The van der Waals surface area contributed by atoms with Crippen molar-refractivity contribution in [2.24, 2.45) is 5.41 Å². The van der Waals surface area contributed by atoms with Crippen LogP contribution in [0.2, 0.25) is 0 Å². The molecule has 0 radical (unpaired) electrons. The van der Waals surface area contributed by atoms with Crippen LogP contribution in [0.4, 0.5) is 0 Å². The number of rotatable bonds is 4. The van der Waals surface area contributed by atoms with E-state index in [1.165, 1.54) is 59.1 Å². The predicted molar refractivity (Wildman–Crippen MR) is 178 cm³/mol. The van der Waals surface area contributed by atoms with Crippen molar-refractivity contribution in [2.45, 2.75) is 56.8 Å². The summed E-state index contributed by atoms with van der Waals surface area (Å²) in [4.78, 5) is 0. The van der Waals surface area contributed by atoms with Crippen LogP contribution in [-0.4, -0.2) is 0 Å². The average molecular weight is 545 g/mol. The third-order valence-corrected chi connectivity index (χ3v) is 10.2. The molecule has 1 fully saturated rings. The summed E-state index contributed by atoms with van der Waals surface area (Å²) in [6.45, 7) is 5.04. The molecule has 0 aromatic heterocycles. The maximum Gasteiger partial charge on any atom is 0.0157 e. The third-order valence-electron chi connectivity index (χ3n) is 10.2. The molecule has 3 atom stereocenters. The Morgan fingerprint density at radius 3 is 1.71 bits per heavy atom. The lowest BCUT2D eigenvalue weighted by Crippen LogP contribution is -2.44. The van der Waals surface area contributed by atoms with Gasteiger partial charge in [0.15, 0.2) is 0 Å². The second-order valence-corrected chi connectivity index (χ2v) is 12.4. The summed E-state index contributed by atoms with van der Waals surface area (Å²) >= 11 is 0. The molecular weight excluding hydrogens is 504 g/mol. The van der Waals surface area contributed by atoms with Gasteiger partial charge >= 0.3 is 0 Å². The summed E-state index contributed by atoms with van der Waals surface area (Å²) in [5, 5.41) is 0. The van der Waals surface area contributed by atoms with E-state index in [0.717, 1.165) is 19.3 Å². The summed E-state index contributed by atoms with van der Waals surface area (Å²) in [6, 6.07) is 44.6. The Bertz CT molecular complexity index is 1640. The molecule has 0 nitrogen and oxygen atoms in total. The lowest BCUT2D eigenvalue weighted by atomic mass is 9.47. The fourth-order valence-electron chi connectivity index (χ4n) is 8.40. The first-order chi connectivity index (χ1) is 20.7. The van der Waals surface area contributed by atoms with E-state index in [9.17, 15) is 0 Å². The van der Waals surface area contributed by atoms with Gasteiger partial charge in [-0.15, -0.1) is 0 Å². The fraction of sp³-hybridized carbons (Fsp3) is 0.238. The second-order valence-electron chi connectivity index (χ2n) is 12.4. The zero-order valence-corrected chi connectivity index (χ0v) is 24.5. The van der Waals surface area contributed by atoms with Crippen molar-refractivity contribution in [1.82, 2.24) is 0 Å². The lowest BCUT2D eigenvalue weighted by Gasteiger charge is -2.56. The van der Waals surface area contributed by atoms with Crippen molar-refractivity contribution in [1.29, 1.82) is 0 Å². The Balaban J connectivity index is 1.47. The minimum Gasteiger partial charge on any atom is -0.0949 e. The Labute approximate surface area is 251 Å². The Morgan fingerprint density at radius 1 is 0.571 bits per heavy atom. The highest BCUT2D eigenvalue weighted by Crippen LogP contribution is 2.67. The molecule has 0 aliphatic heterocycles. The highest BCUT2D eigenvalue weighted by molar-refractivity contribution is 5.66. The molecular formula is C42H40. The monoisotopic (exact) mass is 544 g/mol. The van der Waals surface area contributed by atoms with E-state index < -0.39 is 0 Å². The van der Waals surface area contributed by atoms with Crippen LogP contribution >= 0.6 is 0 Å². The van der Waals surface area contributed by atoms with Gasteiger partial charge in [-0.2, -0.15) is 0 Å². The number of benzene rings is 4. The molecule has 42 heavy (non-hydrogen) atoms. The van der Waals surface area contributed by atoms with Crippen LogP contribution in [0.25, 0.3) is 12.2 Å². The van der Waals surface area contributed by atoms with E-state index in [0.29, 0.717) is 11.8 Å². The van der Waals surface area contributed by atoms with Crippen LogP contribution in [0.1, 0.15) is 79.0 Å². The number of hydrogen-bond acceptors (Lipinski definition) is 0. The maximum atomic E-state index is 5.04. The van der Waals surface area contributed by atoms with Crippen molar-refractivity contribution >= 4 is 12.2 Å². The molecule has 0 saturated heterocycles. The van der Waals surface area contributed by atoms with Crippen LogP contribution in [0.15, 0.2) is 156 Å². The normalized spacial score (nSPS) is 26.0. The van der Waals surface area contributed by atoms with Crippen molar-refractivity contribution < 1.29 is 0 Å². The highest BCUT2D eigenvalue weighted by Gasteiger charge is 2.55.